The number of hydrogen-bond donors (Lipinski definition) is 0. The highest BCUT2D eigenvalue weighted by Gasteiger charge is 2.25. The van der Waals surface area contributed by atoms with E-state index < -0.39 is 9.84 Å². The summed E-state index contributed by atoms with van der Waals surface area (Å²) in [5, 5.41) is 0. The van der Waals surface area contributed by atoms with Crippen molar-refractivity contribution in [3.8, 4) is 0 Å². The van der Waals surface area contributed by atoms with Crippen LogP contribution in [-0.2, 0) is 9.84 Å². The Hall–Kier alpha value is -1.13. The van der Waals surface area contributed by atoms with Gasteiger partial charge in [0, 0.05) is 12.6 Å². The fourth-order valence-corrected chi connectivity index (χ4v) is 3.85. The molecule has 4 heteroatoms. The van der Waals surface area contributed by atoms with Gasteiger partial charge in [-0.1, -0.05) is 42.5 Å². The number of rotatable bonds is 4. The average molecular weight is 279 g/mol. The highest BCUT2D eigenvalue weighted by Crippen LogP contribution is 2.16. The van der Waals surface area contributed by atoms with Gasteiger partial charge in [-0.3, -0.25) is 4.90 Å². The molecule has 1 aliphatic rings. The minimum Gasteiger partial charge on any atom is -0.300 e. The Bertz CT molecular complexity index is 508. The molecule has 19 heavy (non-hydrogen) atoms. The zero-order valence-electron chi connectivity index (χ0n) is 11.3. The molecule has 1 heterocycles. The summed E-state index contributed by atoms with van der Waals surface area (Å²) in [6.45, 7) is 0.861. The molecular formula is C15H21NO2S. The third-order valence-corrected chi connectivity index (χ3v) is 5.37. The molecule has 0 bridgehead atoms. The van der Waals surface area contributed by atoms with E-state index in [4.69, 9.17) is 0 Å². The predicted octanol–water partition coefficient (Wildman–Crippen LogP) is 2.21. The van der Waals surface area contributed by atoms with Gasteiger partial charge in [0.05, 0.1) is 11.5 Å². The van der Waals surface area contributed by atoms with Gasteiger partial charge in [0.1, 0.15) is 9.84 Å². The van der Waals surface area contributed by atoms with E-state index in [9.17, 15) is 8.42 Å². The summed E-state index contributed by atoms with van der Waals surface area (Å²) in [5.41, 5.74) is 1.20. The maximum atomic E-state index is 11.4. The summed E-state index contributed by atoms with van der Waals surface area (Å²) in [6.07, 6.45) is 5.77. The van der Waals surface area contributed by atoms with E-state index in [0.29, 0.717) is 17.5 Å². The minimum absolute atomic E-state index is 0.338. The normalized spacial score (nSPS) is 20.1. The summed E-state index contributed by atoms with van der Waals surface area (Å²) in [6, 6.07) is 10.6. The summed E-state index contributed by atoms with van der Waals surface area (Å²) in [4.78, 5) is 2.24. The molecule has 1 aromatic rings. The Morgan fingerprint density at radius 3 is 2.47 bits per heavy atom. The zero-order chi connectivity index (χ0) is 13.7. The summed E-state index contributed by atoms with van der Waals surface area (Å²) in [7, 11) is -0.690. The maximum absolute atomic E-state index is 11.4. The zero-order valence-corrected chi connectivity index (χ0v) is 12.1. The highest BCUT2D eigenvalue weighted by molar-refractivity contribution is 7.91. The standard InChI is InChI=1S/C15H21NO2S/c1-16(15-9-12-19(17,18)13-10-15)11-5-8-14-6-3-2-4-7-14/h2-8,15H,9-13H2,1H3/b8-5+. The van der Waals surface area contributed by atoms with Crippen LogP contribution in [0.3, 0.4) is 0 Å². The van der Waals surface area contributed by atoms with Crippen LogP contribution in [-0.4, -0.2) is 44.5 Å². The number of hydrogen-bond acceptors (Lipinski definition) is 3. The van der Waals surface area contributed by atoms with Crippen molar-refractivity contribution in [2.24, 2.45) is 0 Å². The van der Waals surface area contributed by atoms with Crippen LogP contribution < -0.4 is 0 Å². The van der Waals surface area contributed by atoms with Crippen molar-refractivity contribution in [2.45, 2.75) is 18.9 Å². The van der Waals surface area contributed by atoms with Crippen molar-refractivity contribution in [3.05, 3.63) is 42.0 Å². The molecule has 0 aromatic heterocycles. The van der Waals surface area contributed by atoms with Crippen LogP contribution in [0.4, 0.5) is 0 Å². The lowest BCUT2D eigenvalue weighted by Crippen LogP contribution is -2.38. The van der Waals surface area contributed by atoms with Gasteiger partial charge >= 0.3 is 0 Å². The van der Waals surface area contributed by atoms with Crippen molar-refractivity contribution >= 4 is 15.9 Å². The average Bonchev–Trinajstić information content (AvgIpc) is 2.39. The van der Waals surface area contributed by atoms with Gasteiger partial charge in [-0.05, 0) is 25.5 Å². The first-order valence-electron chi connectivity index (χ1n) is 6.69. The third-order valence-electron chi connectivity index (χ3n) is 3.65. The molecule has 0 amide bonds. The Morgan fingerprint density at radius 1 is 1.21 bits per heavy atom. The van der Waals surface area contributed by atoms with Gasteiger partial charge in [0.2, 0.25) is 0 Å². The summed E-state index contributed by atoms with van der Waals surface area (Å²) in [5.74, 6) is 0.675. The lowest BCUT2D eigenvalue weighted by molar-refractivity contribution is 0.249. The Kier molecular flexibility index (Phi) is 4.77. The van der Waals surface area contributed by atoms with Crippen LogP contribution in [0.2, 0.25) is 0 Å². The molecule has 1 aliphatic heterocycles. The largest absolute Gasteiger partial charge is 0.300 e. The van der Waals surface area contributed by atoms with Gasteiger partial charge in [-0.2, -0.15) is 0 Å². The van der Waals surface area contributed by atoms with Gasteiger partial charge in [0.25, 0.3) is 0 Å². The smallest absolute Gasteiger partial charge is 0.150 e. The number of nitrogens with zero attached hydrogens (tertiary/aromatic N) is 1. The van der Waals surface area contributed by atoms with Crippen molar-refractivity contribution in [3.63, 3.8) is 0 Å². The molecule has 0 aliphatic carbocycles. The molecule has 2 rings (SSSR count). The third kappa shape index (κ3) is 4.48. The maximum Gasteiger partial charge on any atom is 0.150 e. The molecule has 0 spiro atoms. The van der Waals surface area contributed by atoms with Crippen molar-refractivity contribution in [1.82, 2.24) is 4.90 Å². The highest BCUT2D eigenvalue weighted by atomic mass is 32.2. The molecular weight excluding hydrogens is 258 g/mol. The monoisotopic (exact) mass is 279 g/mol. The first-order chi connectivity index (χ1) is 9.07. The van der Waals surface area contributed by atoms with Gasteiger partial charge in [-0.15, -0.1) is 0 Å². The molecule has 0 radical (unpaired) electrons. The first kappa shape index (κ1) is 14.3. The van der Waals surface area contributed by atoms with Crippen LogP contribution in [0.25, 0.3) is 6.08 Å². The van der Waals surface area contributed by atoms with Gasteiger partial charge in [-0.25, -0.2) is 8.42 Å². The molecule has 0 saturated carbocycles. The molecule has 1 aromatic carbocycles. The second-order valence-electron chi connectivity index (χ2n) is 5.14. The van der Waals surface area contributed by atoms with E-state index in [0.717, 1.165) is 19.4 Å². The van der Waals surface area contributed by atoms with Crippen LogP contribution in [0.1, 0.15) is 18.4 Å². The molecule has 0 atom stereocenters. The lowest BCUT2D eigenvalue weighted by Gasteiger charge is -2.30. The van der Waals surface area contributed by atoms with E-state index in [-0.39, 0.29) is 0 Å². The van der Waals surface area contributed by atoms with Crippen LogP contribution in [0.5, 0.6) is 0 Å². The van der Waals surface area contributed by atoms with E-state index in [2.05, 4.69) is 36.2 Å². The second-order valence-corrected chi connectivity index (χ2v) is 7.44. The molecule has 1 saturated heterocycles. The molecule has 104 valence electrons. The van der Waals surface area contributed by atoms with E-state index in [1.807, 2.05) is 18.2 Å². The fraction of sp³-hybridized carbons (Fsp3) is 0.467. The number of sulfone groups is 1. The number of benzene rings is 1. The van der Waals surface area contributed by atoms with Crippen LogP contribution >= 0.6 is 0 Å². The number of likely N-dealkylation sites (N-methyl/N-ethyl adjacent to an activating group) is 1. The summed E-state index contributed by atoms with van der Waals surface area (Å²) < 4.78 is 22.8. The Morgan fingerprint density at radius 2 is 1.84 bits per heavy atom. The quantitative estimate of drug-likeness (QED) is 0.848. The predicted molar refractivity (Wildman–Crippen MR) is 79.8 cm³/mol. The minimum atomic E-state index is -2.76. The summed E-state index contributed by atoms with van der Waals surface area (Å²) >= 11 is 0. The van der Waals surface area contributed by atoms with Crippen molar-refractivity contribution in [2.75, 3.05) is 25.1 Å². The van der Waals surface area contributed by atoms with E-state index in [1.165, 1.54) is 5.56 Å². The van der Waals surface area contributed by atoms with Crippen molar-refractivity contribution in [1.29, 1.82) is 0 Å². The first-order valence-corrected chi connectivity index (χ1v) is 8.51. The lowest BCUT2D eigenvalue weighted by atomic mass is 10.1. The van der Waals surface area contributed by atoms with Crippen LogP contribution in [0.15, 0.2) is 36.4 Å². The van der Waals surface area contributed by atoms with Gasteiger partial charge < -0.3 is 0 Å². The molecule has 1 fully saturated rings. The van der Waals surface area contributed by atoms with E-state index >= 15 is 0 Å². The van der Waals surface area contributed by atoms with E-state index in [1.54, 1.807) is 0 Å². The van der Waals surface area contributed by atoms with Crippen molar-refractivity contribution < 1.29 is 8.42 Å². The Balaban J connectivity index is 1.82. The topological polar surface area (TPSA) is 37.4 Å². The second kappa shape index (κ2) is 6.35. The molecule has 3 nitrogen and oxygen atoms in total. The van der Waals surface area contributed by atoms with Crippen LogP contribution in [0, 0.1) is 0 Å². The molecule has 0 unspecified atom stereocenters. The SMILES string of the molecule is CN(C/C=C/c1ccccc1)C1CCS(=O)(=O)CC1. The fourth-order valence-electron chi connectivity index (χ4n) is 2.39. The molecule has 0 N–H and O–H groups in total. The van der Waals surface area contributed by atoms with Gasteiger partial charge in [0.15, 0.2) is 0 Å². The Labute approximate surface area is 115 Å².